The predicted octanol–water partition coefficient (Wildman–Crippen LogP) is 4.31. The highest BCUT2D eigenvalue weighted by atomic mass is 35.5. The number of rotatable bonds is 5. The van der Waals surface area contributed by atoms with E-state index in [4.69, 9.17) is 33.0 Å². The molecule has 2 rings (SSSR count). The highest BCUT2D eigenvalue weighted by molar-refractivity contribution is 6.36. The van der Waals surface area contributed by atoms with Gasteiger partial charge in [-0.15, -0.1) is 0 Å². The molecule has 4 nitrogen and oxygen atoms in total. The molecule has 0 aromatic heterocycles. The number of methoxy groups -OCH3 is 1. The molecule has 0 aliphatic rings. The summed E-state index contributed by atoms with van der Waals surface area (Å²) in [5.74, 6) is -0.459. The van der Waals surface area contributed by atoms with E-state index in [0.29, 0.717) is 28.0 Å². The Hall–Kier alpha value is -1.91. The van der Waals surface area contributed by atoms with Crippen LogP contribution in [0.2, 0.25) is 10.0 Å². The third-order valence-corrected chi connectivity index (χ3v) is 3.67. The van der Waals surface area contributed by atoms with Crippen molar-refractivity contribution in [3.8, 4) is 5.75 Å². The topological polar surface area (TPSA) is 58.6 Å². The second kappa shape index (κ2) is 6.70. The molecule has 2 aromatic rings. The summed E-state index contributed by atoms with van der Waals surface area (Å²) in [5.41, 5.74) is 1.47. The fraction of sp³-hybridized carbons (Fsp3) is 0.133. The molecule has 0 saturated carbocycles. The number of benzene rings is 2. The molecule has 2 aromatic carbocycles. The molecule has 0 atom stereocenters. The number of halogens is 2. The van der Waals surface area contributed by atoms with Crippen LogP contribution in [0.15, 0.2) is 36.4 Å². The van der Waals surface area contributed by atoms with Gasteiger partial charge >= 0.3 is 5.97 Å². The summed E-state index contributed by atoms with van der Waals surface area (Å²) in [6.45, 7) is 0.359. The lowest BCUT2D eigenvalue weighted by Gasteiger charge is -2.13. The quantitative estimate of drug-likeness (QED) is 0.859. The molecule has 0 bridgehead atoms. The SMILES string of the molecule is COc1ccc(C(=O)O)cc1NCc1c(Cl)cccc1Cl. The lowest BCUT2D eigenvalue weighted by Crippen LogP contribution is -2.05. The first-order valence-corrected chi connectivity index (χ1v) is 6.86. The van der Waals surface area contributed by atoms with Gasteiger partial charge in [0.15, 0.2) is 0 Å². The number of anilines is 1. The molecule has 0 aliphatic carbocycles. The minimum absolute atomic E-state index is 0.170. The largest absolute Gasteiger partial charge is 0.495 e. The van der Waals surface area contributed by atoms with Crippen LogP contribution in [0.5, 0.6) is 5.75 Å². The van der Waals surface area contributed by atoms with Crippen molar-refractivity contribution in [3.05, 3.63) is 57.6 Å². The zero-order chi connectivity index (χ0) is 15.4. The van der Waals surface area contributed by atoms with Gasteiger partial charge in [0, 0.05) is 22.2 Å². The lowest BCUT2D eigenvalue weighted by molar-refractivity contribution is 0.0697. The van der Waals surface area contributed by atoms with Gasteiger partial charge in [-0.3, -0.25) is 0 Å². The second-order valence-corrected chi connectivity index (χ2v) is 5.09. The van der Waals surface area contributed by atoms with E-state index in [-0.39, 0.29) is 5.56 Å². The van der Waals surface area contributed by atoms with Crippen molar-refractivity contribution in [2.45, 2.75) is 6.54 Å². The molecule has 0 spiro atoms. The molecule has 0 unspecified atom stereocenters. The number of carbonyl (C=O) groups is 1. The molecule has 0 radical (unpaired) electrons. The summed E-state index contributed by atoms with van der Waals surface area (Å²) in [5, 5.41) is 13.2. The number of carboxylic acids is 1. The lowest BCUT2D eigenvalue weighted by atomic mass is 10.1. The molecule has 2 N–H and O–H groups in total. The Bertz CT molecular complexity index is 654. The van der Waals surface area contributed by atoms with E-state index in [2.05, 4.69) is 5.32 Å². The van der Waals surface area contributed by atoms with E-state index in [9.17, 15) is 4.79 Å². The summed E-state index contributed by atoms with van der Waals surface area (Å²) in [4.78, 5) is 11.0. The van der Waals surface area contributed by atoms with Crippen LogP contribution in [0.3, 0.4) is 0 Å². The van der Waals surface area contributed by atoms with Gasteiger partial charge in [-0.2, -0.15) is 0 Å². The van der Waals surface area contributed by atoms with Gasteiger partial charge < -0.3 is 15.2 Å². The average molecular weight is 326 g/mol. The molecule has 21 heavy (non-hydrogen) atoms. The third kappa shape index (κ3) is 3.60. The molecule has 110 valence electrons. The van der Waals surface area contributed by atoms with Gasteiger partial charge in [0.25, 0.3) is 0 Å². The molecule has 0 saturated heterocycles. The average Bonchev–Trinajstić information content (AvgIpc) is 2.46. The van der Waals surface area contributed by atoms with Gasteiger partial charge in [0.05, 0.1) is 18.4 Å². The third-order valence-electron chi connectivity index (χ3n) is 2.96. The minimum Gasteiger partial charge on any atom is -0.495 e. The van der Waals surface area contributed by atoms with Crippen LogP contribution in [0.25, 0.3) is 0 Å². The Kier molecular flexibility index (Phi) is 4.94. The first-order valence-electron chi connectivity index (χ1n) is 6.11. The molecule has 6 heteroatoms. The van der Waals surface area contributed by atoms with Crippen LogP contribution in [0, 0.1) is 0 Å². The molecular formula is C15H13Cl2NO3. The molecule has 0 amide bonds. The van der Waals surface area contributed by atoms with Crippen LogP contribution < -0.4 is 10.1 Å². The van der Waals surface area contributed by atoms with Gasteiger partial charge in [-0.25, -0.2) is 4.79 Å². The molecule has 0 aliphatic heterocycles. The first-order chi connectivity index (χ1) is 10.0. The zero-order valence-corrected chi connectivity index (χ0v) is 12.7. The number of hydrogen-bond acceptors (Lipinski definition) is 3. The van der Waals surface area contributed by atoms with Crippen molar-refractivity contribution >= 4 is 34.9 Å². The smallest absolute Gasteiger partial charge is 0.335 e. The first kappa shape index (κ1) is 15.5. The summed E-state index contributed by atoms with van der Waals surface area (Å²) in [6, 6.07) is 9.84. The highest BCUT2D eigenvalue weighted by Crippen LogP contribution is 2.29. The fourth-order valence-corrected chi connectivity index (χ4v) is 2.40. The maximum Gasteiger partial charge on any atom is 0.335 e. The second-order valence-electron chi connectivity index (χ2n) is 4.27. The minimum atomic E-state index is -1.00. The maximum atomic E-state index is 11.0. The number of carboxylic acid groups (broad SMARTS) is 1. The van der Waals surface area contributed by atoms with E-state index < -0.39 is 5.97 Å². The van der Waals surface area contributed by atoms with E-state index >= 15 is 0 Å². The summed E-state index contributed by atoms with van der Waals surface area (Å²) in [6.07, 6.45) is 0. The monoisotopic (exact) mass is 325 g/mol. The van der Waals surface area contributed by atoms with Gasteiger partial charge in [0.1, 0.15) is 5.75 Å². The van der Waals surface area contributed by atoms with E-state index in [0.717, 1.165) is 5.56 Å². The standard InChI is InChI=1S/C15H13Cl2NO3/c1-21-14-6-5-9(15(19)20)7-13(14)18-8-10-11(16)3-2-4-12(10)17/h2-7,18H,8H2,1H3,(H,19,20). The summed E-state index contributed by atoms with van der Waals surface area (Å²) < 4.78 is 5.21. The van der Waals surface area contributed by atoms with Crippen molar-refractivity contribution in [1.29, 1.82) is 0 Å². The normalized spacial score (nSPS) is 10.2. The van der Waals surface area contributed by atoms with Crippen LogP contribution in [0.1, 0.15) is 15.9 Å². The Balaban J connectivity index is 2.26. The Morgan fingerprint density at radius 3 is 2.48 bits per heavy atom. The predicted molar refractivity (Wildman–Crippen MR) is 83.7 cm³/mol. The Labute approximate surface area is 132 Å². The van der Waals surface area contributed by atoms with E-state index in [1.165, 1.54) is 19.2 Å². The van der Waals surface area contributed by atoms with Crippen LogP contribution >= 0.6 is 23.2 Å². The number of nitrogens with one attached hydrogen (secondary N) is 1. The maximum absolute atomic E-state index is 11.0. The van der Waals surface area contributed by atoms with Crippen molar-refractivity contribution in [2.75, 3.05) is 12.4 Å². The number of hydrogen-bond donors (Lipinski definition) is 2. The summed E-state index contributed by atoms with van der Waals surface area (Å²) >= 11 is 12.2. The van der Waals surface area contributed by atoms with Crippen molar-refractivity contribution in [1.82, 2.24) is 0 Å². The number of aromatic carboxylic acids is 1. The van der Waals surface area contributed by atoms with Crippen LogP contribution in [-0.4, -0.2) is 18.2 Å². The Morgan fingerprint density at radius 2 is 1.90 bits per heavy atom. The highest BCUT2D eigenvalue weighted by Gasteiger charge is 2.10. The molecular weight excluding hydrogens is 313 g/mol. The molecule has 0 heterocycles. The van der Waals surface area contributed by atoms with Gasteiger partial charge in [-0.1, -0.05) is 29.3 Å². The van der Waals surface area contributed by atoms with Crippen molar-refractivity contribution < 1.29 is 14.6 Å². The van der Waals surface area contributed by atoms with E-state index in [1.54, 1.807) is 24.3 Å². The fourth-order valence-electron chi connectivity index (χ4n) is 1.86. The Morgan fingerprint density at radius 1 is 1.24 bits per heavy atom. The van der Waals surface area contributed by atoms with Crippen molar-refractivity contribution in [3.63, 3.8) is 0 Å². The van der Waals surface area contributed by atoms with Gasteiger partial charge in [-0.05, 0) is 30.3 Å². The van der Waals surface area contributed by atoms with Gasteiger partial charge in [0.2, 0.25) is 0 Å². The van der Waals surface area contributed by atoms with E-state index in [1.807, 2.05) is 0 Å². The van der Waals surface area contributed by atoms with Crippen molar-refractivity contribution in [2.24, 2.45) is 0 Å². The molecule has 0 fully saturated rings. The van der Waals surface area contributed by atoms with Crippen LogP contribution in [0.4, 0.5) is 5.69 Å². The summed E-state index contributed by atoms with van der Waals surface area (Å²) in [7, 11) is 1.52. The zero-order valence-electron chi connectivity index (χ0n) is 11.2. The van der Waals surface area contributed by atoms with Crippen LogP contribution in [-0.2, 0) is 6.54 Å². The number of ether oxygens (including phenoxy) is 1.